The van der Waals surface area contributed by atoms with Gasteiger partial charge >= 0.3 is 0 Å². The van der Waals surface area contributed by atoms with Crippen LogP contribution in [0.15, 0.2) is 0 Å². The Bertz CT molecular complexity index is 475. The van der Waals surface area contributed by atoms with Crippen LogP contribution in [0.5, 0.6) is 0 Å². The zero-order valence-electron chi connectivity index (χ0n) is 20.6. The topological polar surface area (TPSA) is 157 Å². The zero-order valence-corrected chi connectivity index (χ0v) is 20.6. The van der Waals surface area contributed by atoms with E-state index in [1.54, 1.807) is 0 Å². The second-order valence-corrected chi connectivity index (χ2v) is 8.92. The van der Waals surface area contributed by atoms with Crippen molar-refractivity contribution in [3.8, 4) is 0 Å². The Morgan fingerprint density at radius 1 is 0.848 bits per heavy atom. The van der Waals surface area contributed by atoms with Gasteiger partial charge in [0.1, 0.15) is 18.0 Å². The molecule has 0 aliphatic rings. The third kappa shape index (κ3) is 14.4. The Hall–Kier alpha value is -0.650. The van der Waals surface area contributed by atoms with Crippen LogP contribution < -0.4 is 0 Å². The minimum atomic E-state index is -1.46. The van der Waals surface area contributed by atoms with E-state index < -0.39 is 55.9 Å². The van der Waals surface area contributed by atoms with E-state index >= 15 is 0 Å². The van der Waals surface area contributed by atoms with Gasteiger partial charge in [0.15, 0.2) is 6.29 Å². The maximum atomic E-state index is 12.5. The first-order valence-corrected chi connectivity index (χ1v) is 12.4. The molecular formula is C24H48O9. The van der Waals surface area contributed by atoms with Crippen LogP contribution in [0.3, 0.4) is 0 Å². The second kappa shape index (κ2) is 19.6. The normalized spacial score (nSPS) is 18.3. The molecule has 33 heavy (non-hydrogen) atoms. The molecule has 0 saturated carbocycles. The maximum Gasteiger partial charge on any atom is 0.186 e. The van der Waals surface area contributed by atoms with Crippen molar-refractivity contribution in [2.24, 2.45) is 5.92 Å². The molecule has 198 valence electrons. The number of ether oxygens (including phenoxy) is 2. The van der Waals surface area contributed by atoms with Crippen LogP contribution in [0.25, 0.3) is 0 Å². The van der Waals surface area contributed by atoms with Gasteiger partial charge in [-0.05, 0) is 19.8 Å². The first kappa shape index (κ1) is 32.4. The average Bonchev–Trinajstić information content (AvgIpc) is 2.79. The Morgan fingerprint density at radius 2 is 1.48 bits per heavy atom. The van der Waals surface area contributed by atoms with Crippen molar-refractivity contribution in [1.82, 2.24) is 0 Å². The molecule has 2 unspecified atom stereocenters. The van der Waals surface area contributed by atoms with Gasteiger partial charge < -0.3 is 40.1 Å². The Balaban J connectivity index is 5.06. The van der Waals surface area contributed by atoms with Crippen molar-refractivity contribution in [3.63, 3.8) is 0 Å². The third-order valence-corrected chi connectivity index (χ3v) is 5.76. The first-order chi connectivity index (χ1) is 15.7. The lowest BCUT2D eigenvalue weighted by Crippen LogP contribution is -2.44. The summed E-state index contributed by atoms with van der Waals surface area (Å²) in [7, 11) is 0. The number of hydrogen-bond acceptors (Lipinski definition) is 9. The molecule has 0 saturated heterocycles. The smallest absolute Gasteiger partial charge is 0.186 e. The van der Waals surface area contributed by atoms with Crippen molar-refractivity contribution in [1.29, 1.82) is 0 Å². The summed E-state index contributed by atoms with van der Waals surface area (Å²) in [6, 6.07) is 0. The average molecular weight is 481 g/mol. The minimum Gasteiger partial charge on any atom is -0.394 e. The summed E-state index contributed by atoms with van der Waals surface area (Å²) in [5.74, 6) is -0.783. The Kier molecular flexibility index (Phi) is 19.2. The molecular weight excluding hydrogens is 432 g/mol. The summed E-state index contributed by atoms with van der Waals surface area (Å²) in [5.41, 5.74) is 0. The fourth-order valence-corrected chi connectivity index (χ4v) is 3.58. The predicted octanol–water partition coefficient (Wildman–Crippen LogP) is 1.29. The number of unbranched alkanes of at least 4 members (excludes halogenated alkanes) is 5. The molecule has 0 aromatic carbocycles. The maximum absolute atomic E-state index is 12.5. The molecule has 0 amide bonds. The van der Waals surface area contributed by atoms with Crippen molar-refractivity contribution in [2.45, 2.75) is 122 Å². The van der Waals surface area contributed by atoms with Crippen LogP contribution in [-0.4, -0.2) is 93.1 Å². The highest BCUT2D eigenvalue weighted by Gasteiger charge is 2.32. The van der Waals surface area contributed by atoms with E-state index in [-0.39, 0.29) is 18.8 Å². The molecule has 0 rings (SSSR count). The highest BCUT2D eigenvalue weighted by molar-refractivity contribution is 5.78. The molecule has 0 aliphatic carbocycles. The van der Waals surface area contributed by atoms with Crippen LogP contribution >= 0.6 is 0 Å². The van der Waals surface area contributed by atoms with Crippen molar-refractivity contribution < 1.29 is 44.9 Å². The molecule has 0 aromatic rings. The van der Waals surface area contributed by atoms with E-state index in [2.05, 4.69) is 6.92 Å². The number of Topliss-reactive ketones (excluding diaryl/α,β-unsaturated/α-hetero) is 1. The molecule has 0 heterocycles. The fraction of sp³-hybridized carbons (Fsp3) is 0.958. The lowest BCUT2D eigenvalue weighted by molar-refractivity contribution is -0.247. The summed E-state index contributed by atoms with van der Waals surface area (Å²) in [5, 5.41) is 59.3. The lowest BCUT2D eigenvalue weighted by atomic mass is 9.90. The quantitative estimate of drug-likeness (QED) is 0.0992. The predicted molar refractivity (Wildman–Crippen MR) is 125 cm³/mol. The standard InChI is InChI=1S/C24H48O9/c1-4-6-7-8-9-10-12-19(28)13-18(23(31)20(29)11-5-2)16-32-24(21(30)14-25)33-22(15-26)17(3)27/h17-18,20-27,29-31H,4-16H2,1-3H3/t17-,18+,20-,21+,22?,23+,24?/m1/s1. The summed E-state index contributed by atoms with van der Waals surface area (Å²) < 4.78 is 11.0. The third-order valence-electron chi connectivity index (χ3n) is 5.76. The van der Waals surface area contributed by atoms with Gasteiger partial charge in [0.25, 0.3) is 0 Å². The Morgan fingerprint density at radius 3 is 2.03 bits per heavy atom. The van der Waals surface area contributed by atoms with E-state index in [4.69, 9.17) is 9.47 Å². The molecule has 9 heteroatoms. The van der Waals surface area contributed by atoms with Crippen LogP contribution in [0.1, 0.15) is 85.0 Å². The van der Waals surface area contributed by atoms with Crippen LogP contribution in [0.4, 0.5) is 0 Å². The van der Waals surface area contributed by atoms with Crippen molar-refractivity contribution >= 4 is 5.78 Å². The number of ketones is 1. The molecule has 7 atom stereocenters. The largest absolute Gasteiger partial charge is 0.394 e. The summed E-state index contributed by atoms with van der Waals surface area (Å²) in [6.45, 7) is 3.98. The van der Waals surface area contributed by atoms with Gasteiger partial charge in [-0.2, -0.15) is 0 Å². The summed E-state index contributed by atoms with van der Waals surface area (Å²) in [4.78, 5) is 12.5. The molecule has 6 N–H and O–H groups in total. The van der Waals surface area contributed by atoms with E-state index in [9.17, 15) is 35.4 Å². The van der Waals surface area contributed by atoms with E-state index in [1.807, 2.05) is 6.92 Å². The second-order valence-electron chi connectivity index (χ2n) is 8.92. The van der Waals surface area contributed by atoms with Gasteiger partial charge in [0, 0.05) is 18.8 Å². The fourth-order valence-electron chi connectivity index (χ4n) is 3.58. The first-order valence-electron chi connectivity index (χ1n) is 12.4. The SMILES string of the molecule is CCCCCCCCC(=O)C[C@@H](COC(OC(CO)[C@@H](C)O)[C@@H](O)CO)[C@H](O)[C@H](O)CCC. The molecule has 0 fully saturated rings. The van der Waals surface area contributed by atoms with Crippen molar-refractivity contribution in [2.75, 3.05) is 19.8 Å². The van der Waals surface area contributed by atoms with Gasteiger partial charge in [-0.3, -0.25) is 4.79 Å². The Labute approximate surface area is 198 Å². The summed E-state index contributed by atoms with van der Waals surface area (Å²) in [6.07, 6.45) is 0.487. The number of rotatable bonds is 22. The van der Waals surface area contributed by atoms with Crippen LogP contribution in [-0.2, 0) is 14.3 Å². The van der Waals surface area contributed by atoms with Crippen LogP contribution in [0.2, 0.25) is 0 Å². The number of hydrogen-bond donors (Lipinski definition) is 6. The number of carbonyl (C=O) groups is 1. The van der Waals surface area contributed by atoms with Gasteiger partial charge in [0.05, 0.1) is 38.1 Å². The zero-order chi connectivity index (χ0) is 25.2. The lowest BCUT2D eigenvalue weighted by Gasteiger charge is -2.31. The highest BCUT2D eigenvalue weighted by Crippen LogP contribution is 2.21. The van der Waals surface area contributed by atoms with Crippen molar-refractivity contribution in [3.05, 3.63) is 0 Å². The number of aliphatic hydroxyl groups excluding tert-OH is 6. The molecule has 0 radical (unpaired) electrons. The van der Waals surface area contributed by atoms with Gasteiger partial charge in [-0.1, -0.05) is 52.4 Å². The monoisotopic (exact) mass is 480 g/mol. The van der Waals surface area contributed by atoms with E-state index in [0.29, 0.717) is 19.3 Å². The summed E-state index contributed by atoms with van der Waals surface area (Å²) >= 11 is 0. The van der Waals surface area contributed by atoms with E-state index in [1.165, 1.54) is 13.3 Å². The number of aliphatic hydroxyl groups is 6. The molecule has 0 aliphatic heterocycles. The van der Waals surface area contributed by atoms with Gasteiger partial charge in [-0.15, -0.1) is 0 Å². The van der Waals surface area contributed by atoms with Gasteiger partial charge in [0.2, 0.25) is 0 Å². The van der Waals surface area contributed by atoms with Gasteiger partial charge in [-0.25, -0.2) is 0 Å². The number of carbonyl (C=O) groups excluding carboxylic acids is 1. The molecule has 9 nitrogen and oxygen atoms in total. The highest BCUT2D eigenvalue weighted by atomic mass is 16.7. The van der Waals surface area contributed by atoms with Crippen LogP contribution in [0, 0.1) is 5.92 Å². The molecule has 0 bridgehead atoms. The van der Waals surface area contributed by atoms with E-state index in [0.717, 1.165) is 32.1 Å². The minimum absolute atomic E-state index is 0.00132. The molecule has 0 aromatic heterocycles. The molecule has 0 spiro atoms.